The number of carbonyl (C=O) groups excluding carboxylic acids is 1. The highest BCUT2D eigenvalue weighted by molar-refractivity contribution is 5.85. The zero-order valence-corrected chi connectivity index (χ0v) is 13.3. The lowest BCUT2D eigenvalue weighted by Crippen LogP contribution is -2.47. The molecule has 116 valence electrons. The fourth-order valence-electron chi connectivity index (χ4n) is 3.49. The lowest BCUT2D eigenvalue weighted by atomic mass is 9.93. The molecule has 1 N–H and O–H groups in total. The van der Waals surface area contributed by atoms with Gasteiger partial charge in [0.05, 0.1) is 5.92 Å². The summed E-state index contributed by atoms with van der Waals surface area (Å²) >= 11 is 0. The van der Waals surface area contributed by atoms with Crippen LogP contribution in [0.4, 0.5) is 0 Å². The Morgan fingerprint density at radius 2 is 2.00 bits per heavy atom. The van der Waals surface area contributed by atoms with Crippen molar-refractivity contribution in [1.82, 2.24) is 10.2 Å². The lowest BCUT2D eigenvalue weighted by molar-refractivity contribution is -0.138. The first kappa shape index (κ1) is 16.3. The number of hydrogen-bond acceptors (Lipinski definition) is 2. The van der Waals surface area contributed by atoms with Crippen LogP contribution in [0.1, 0.15) is 31.2 Å². The van der Waals surface area contributed by atoms with Crippen LogP contribution < -0.4 is 5.32 Å². The van der Waals surface area contributed by atoms with E-state index in [1.807, 2.05) is 0 Å². The van der Waals surface area contributed by atoms with Crippen LogP contribution in [0.25, 0.3) is 0 Å². The molecule has 3 rings (SSSR count). The number of carbonyl (C=O) groups is 1. The summed E-state index contributed by atoms with van der Waals surface area (Å²) in [6.07, 6.45) is 5.59. The van der Waals surface area contributed by atoms with Gasteiger partial charge < -0.3 is 10.2 Å². The smallest absolute Gasteiger partial charge is 0.227 e. The van der Waals surface area contributed by atoms with E-state index in [9.17, 15) is 4.79 Å². The summed E-state index contributed by atoms with van der Waals surface area (Å²) in [5.41, 5.74) is 1.35. The summed E-state index contributed by atoms with van der Waals surface area (Å²) in [6.45, 7) is 2.81. The third kappa shape index (κ3) is 3.98. The fraction of sp³-hybridized carbons (Fsp3) is 0.588. The molecule has 0 aromatic heterocycles. The SMILES string of the molecule is Cl.O=C(C1CCNC1)N1CCCCC1Cc1ccccc1. The van der Waals surface area contributed by atoms with Crippen molar-refractivity contribution in [1.29, 1.82) is 0 Å². The van der Waals surface area contributed by atoms with E-state index >= 15 is 0 Å². The third-order valence-electron chi connectivity index (χ3n) is 4.63. The molecule has 2 unspecified atom stereocenters. The molecule has 1 amide bonds. The molecule has 1 aromatic carbocycles. The summed E-state index contributed by atoms with van der Waals surface area (Å²) in [6, 6.07) is 11.0. The number of hydrogen-bond donors (Lipinski definition) is 1. The van der Waals surface area contributed by atoms with E-state index in [4.69, 9.17) is 0 Å². The molecule has 0 aliphatic carbocycles. The van der Waals surface area contributed by atoms with Crippen molar-refractivity contribution < 1.29 is 4.79 Å². The van der Waals surface area contributed by atoms with Crippen LogP contribution in [-0.2, 0) is 11.2 Å². The molecule has 2 saturated heterocycles. The zero-order valence-electron chi connectivity index (χ0n) is 12.5. The Hall–Kier alpha value is -1.06. The maximum atomic E-state index is 12.7. The van der Waals surface area contributed by atoms with Gasteiger partial charge in [-0.3, -0.25) is 4.79 Å². The Morgan fingerprint density at radius 1 is 1.19 bits per heavy atom. The van der Waals surface area contributed by atoms with Gasteiger partial charge in [0.2, 0.25) is 5.91 Å². The molecule has 0 bridgehead atoms. The zero-order chi connectivity index (χ0) is 13.8. The summed E-state index contributed by atoms with van der Waals surface area (Å²) in [5, 5.41) is 3.31. The number of rotatable bonds is 3. The molecule has 1 aromatic rings. The molecule has 0 saturated carbocycles. The summed E-state index contributed by atoms with van der Waals surface area (Å²) in [4.78, 5) is 14.9. The second-order valence-corrected chi connectivity index (χ2v) is 6.06. The Labute approximate surface area is 133 Å². The molecule has 2 fully saturated rings. The van der Waals surface area contributed by atoms with E-state index in [2.05, 4.69) is 40.5 Å². The standard InChI is InChI=1S/C17H24N2O.ClH/c20-17(15-9-10-18-13-15)19-11-5-4-8-16(19)12-14-6-2-1-3-7-14;/h1-3,6-7,15-16,18H,4-5,8-13H2;1H. The summed E-state index contributed by atoms with van der Waals surface area (Å²) in [5.74, 6) is 0.599. The first-order chi connectivity index (χ1) is 9.84. The summed E-state index contributed by atoms with van der Waals surface area (Å²) < 4.78 is 0. The van der Waals surface area contributed by atoms with Crippen molar-refractivity contribution >= 4 is 18.3 Å². The first-order valence-corrected chi connectivity index (χ1v) is 7.90. The maximum Gasteiger partial charge on any atom is 0.227 e. The number of benzene rings is 1. The van der Waals surface area contributed by atoms with Crippen LogP contribution in [0.15, 0.2) is 30.3 Å². The lowest BCUT2D eigenvalue weighted by Gasteiger charge is -2.37. The van der Waals surface area contributed by atoms with E-state index < -0.39 is 0 Å². The van der Waals surface area contributed by atoms with E-state index in [1.165, 1.54) is 12.0 Å². The third-order valence-corrected chi connectivity index (χ3v) is 4.63. The van der Waals surface area contributed by atoms with Gasteiger partial charge in [0, 0.05) is 19.1 Å². The second-order valence-electron chi connectivity index (χ2n) is 6.06. The van der Waals surface area contributed by atoms with Gasteiger partial charge in [-0.05, 0) is 44.2 Å². The van der Waals surface area contributed by atoms with Crippen molar-refractivity contribution in [2.75, 3.05) is 19.6 Å². The minimum absolute atomic E-state index is 0. The molecule has 3 nitrogen and oxygen atoms in total. The Bertz CT molecular complexity index is 445. The molecule has 2 aliphatic heterocycles. The molecule has 2 atom stereocenters. The number of likely N-dealkylation sites (tertiary alicyclic amines) is 1. The topological polar surface area (TPSA) is 32.3 Å². The number of nitrogens with zero attached hydrogens (tertiary/aromatic N) is 1. The predicted octanol–water partition coefficient (Wildman–Crippen LogP) is 2.64. The van der Waals surface area contributed by atoms with Gasteiger partial charge in [0.15, 0.2) is 0 Å². The Kier molecular flexibility index (Phi) is 6.07. The van der Waals surface area contributed by atoms with Gasteiger partial charge in [-0.25, -0.2) is 0 Å². The van der Waals surface area contributed by atoms with Gasteiger partial charge in [0.25, 0.3) is 0 Å². The van der Waals surface area contributed by atoms with Crippen molar-refractivity contribution in [3.63, 3.8) is 0 Å². The normalized spacial score (nSPS) is 25.4. The Morgan fingerprint density at radius 3 is 2.71 bits per heavy atom. The highest BCUT2D eigenvalue weighted by Crippen LogP contribution is 2.24. The average molecular weight is 309 g/mol. The first-order valence-electron chi connectivity index (χ1n) is 7.90. The monoisotopic (exact) mass is 308 g/mol. The van der Waals surface area contributed by atoms with Crippen LogP contribution in [-0.4, -0.2) is 36.5 Å². The predicted molar refractivity (Wildman–Crippen MR) is 87.7 cm³/mol. The highest BCUT2D eigenvalue weighted by atomic mass is 35.5. The number of nitrogens with one attached hydrogen (secondary N) is 1. The minimum atomic E-state index is 0. The van der Waals surface area contributed by atoms with Crippen LogP contribution in [0.5, 0.6) is 0 Å². The van der Waals surface area contributed by atoms with Crippen molar-refractivity contribution in [2.45, 2.75) is 38.1 Å². The highest BCUT2D eigenvalue weighted by Gasteiger charge is 2.32. The second kappa shape index (κ2) is 7.81. The van der Waals surface area contributed by atoms with Crippen molar-refractivity contribution in [3.05, 3.63) is 35.9 Å². The molecule has 2 heterocycles. The Balaban J connectivity index is 0.00000161. The molecule has 21 heavy (non-hydrogen) atoms. The van der Waals surface area contributed by atoms with Crippen LogP contribution in [0, 0.1) is 5.92 Å². The number of halogens is 1. The van der Waals surface area contributed by atoms with Crippen LogP contribution >= 0.6 is 12.4 Å². The molecule has 2 aliphatic rings. The largest absolute Gasteiger partial charge is 0.339 e. The maximum absolute atomic E-state index is 12.7. The van der Waals surface area contributed by atoms with Gasteiger partial charge in [-0.15, -0.1) is 12.4 Å². The average Bonchev–Trinajstić information content (AvgIpc) is 3.02. The van der Waals surface area contributed by atoms with E-state index in [0.717, 1.165) is 45.3 Å². The van der Waals surface area contributed by atoms with Gasteiger partial charge in [-0.2, -0.15) is 0 Å². The van der Waals surface area contributed by atoms with Crippen molar-refractivity contribution in [2.24, 2.45) is 5.92 Å². The number of piperidine rings is 1. The van der Waals surface area contributed by atoms with Crippen molar-refractivity contribution in [3.8, 4) is 0 Å². The number of amides is 1. The van der Waals surface area contributed by atoms with Gasteiger partial charge in [0.1, 0.15) is 0 Å². The molecule has 0 radical (unpaired) electrons. The molecular formula is C17H25ClN2O. The van der Waals surface area contributed by atoms with Gasteiger partial charge in [-0.1, -0.05) is 30.3 Å². The van der Waals surface area contributed by atoms with E-state index in [0.29, 0.717) is 11.9 Å². The van der Waals surface area contributed by atoms with E-state index in [1.54, 1.807) is 0 Å². The minimum Gasteiger partial charge on any atom is -0.339 e. The summed E-state index contributed by atoms with van der Waals surface area (Å²) in [7, 11) is 0. The molecule has 0 spiro atoms. The fourth-order valence-corrected chi connectivity index (χ4v) is 3.49. The van der Waals surface area contributed by atoms with E-state index in [-0.39, 0.29) is 18.3 Å². The molecule has 4 heteroatoms. The van der Waals surface area contributed by atoms with Crippen LogP contribution in [0.2, 0.25) is 0 Å². The quantitative estimate of drug-likeness (QED) is 0.931. The molecular weight excluding hydrogens is 284 g/mol. The van der Waals surface area contributed by atoms with Crippen LogP contribution in [0.3, 0.4) is 0 Å². The van der Waals surface area contributed by atoms with Gasteiger partial charge >= 0.3 is 0 Å².